The molecule has 0 aromatic heterocycles. The summed E-state index contributed by atoms with van der Waals surface area (Å²) in [5.41, 5.74) is 4.87. The number of phenols is 1. The highest BCUT2D eigenvalue weighted by Gasteiger charge is 2.26. The Morgan fingerprint density at radius 3 is 2.42 bits per heavy atom. The number of hydrogen-bond donors (Lipinski definition) is 2. The molecule has 0 amide bonds. The molecule has 2 heterocycles. The second-order valence-electron chi connectivity index (χ2n) is 9.17. The number of carbonyl (C=O) groups is 1. The van der Waals surface area contributed by atoms with Gasteiger partial charge in [-0.05, 0) is 79.3 Å². The van der Waals surface area contributed by atoms with E-state index in [1.54, 1.807) is 42.5 Å². The van der Waals surface area contributed by atoms with Gasteiger partial charge in [0, 0.05) is 36.3 Å². The van der Waals surface area contributed by atoms with E-state index in [0.717, 1.165) is 41.0 Å². The van der Waals surface area contributed by atoms with Crippen molar-refractivity contribution in [2.75, 3.05) is 19.8 Å². The largest absolute Gasteiger partial charge is 0.508 e. The first-order valence-electron chi connectivity index (χ1n) is 12.1. The van der Waals surface area contributed by atoms with Gasteiger partial charge in [0.05, 0.1) is 13.0 Å². The highest BCUT2D eigenvalue weighted by Crippen LogP contribution is 2.38. The number of aryl methyl sites for hydroxylation is 2. The van der Waals surface area contributed by atoms with Crippen molar-refractivity contribution in [1.82, 2.24) is 0 Å². The van der Waals surface area contributed by atoms with E-state index < -0.39 is 5.97 Å². The number of aromatic hydroxyl groups is 1. The van der Waals surface area contributed by atoms with Crippen molar-refractivity contribution in [1.29, 1.82) is 0 Å². The van der Waals surface area contributed by atoms with E-state index in [1.165, 1.54) is 18.9 Å². The highest BCUT2D eigenvalue weighted by atomic mass is 19.1. The number of benzene rings is 3. The molecule has 1 fully saturated rings. The summed E-state index contributed by atoms with van der Waals surface area (Å²) < 4.78 is 30.8. The van der Waals surface area contributed by atoms with Crippen molar-refractivity contribution >= 4 is 5.97 Å². The predicted octanol–water partition coefficient (Wildman–Crippen LogP) is 6.14. The van der Waals surface area contributed by atoms with E-state index in [1.807, 2.05) is 13.8 Å². The Morgan fingerprint density at radius 1 is 1.06 bits per heavy atom. The van der Waals surface area contributed by atoms with Crippen LogP contribution in [0.15, 0.2) is 48.5 Å². The van der Waals surface area contributed by atoms with Gasteiger partial charge in [-0.2, -0.15) is 0 Å². The minimum absolute atomic E-state index is 0.0152. The maximum atomic E-state index is 14.4. The maximum absolute atomic E-state index is 14.4. The quantitative estimate of drug-likeness (QED) is 0.428. The molecule has 0 radical (unpaired) electrons. The predicted molar refractivity (Wildman–Crippen MR) is 134 cm³/mol. The van der Waals surface area contributed by atoms with Crippen molar-refractivity contribution < 1.29 is 33.6 Å². The van der Waals surface area contributed by atoms with Gasteiger partial charge in [0.25, 0.3) is 0 Å². The van der Waals surface area contributed by atoms with Crippen LogP contribution in [0.5, 0.6) is 17.2 Å². The van der Waals surface area contributed by atoms with Gasteiger partial charge in [-0.15, -0.1) is 0 Å². The molecule has 1 saturated heterocycles. The number of aliphatic carboxylic acids is 1. The van der Waals surface area contributed by atoms with Crippen molar-refractivity contribution in [3.8, 4) is 28.4 Å². The van der Waals surface area contributed by atoms with Crippen LogP contribution in [0.2, 0.25) is 0 Å². The third kappa shape index (κ3) is 6.15. The number of carboxylic acids is 1. The second-order valence-corrected chi connectivity index (χ2v) is 9.17. The lowest BCUT2D eigenvalue weighted by molar-refractivity contribution is -0.137. The molecule has 1 atom stereocenters. The summed E-state index contributed by atoms with van der Waals surface area (Å²) >= 11 is 0. The van der Waals surface area contributed by atoms with Crippen LogP contribution < -0.4 is 9.47 Å². The molecule has 3 aromatic carbocycles. The molecule has 2 N–H and O–H groups in total. The molecule has 2 aliphatic heterocycles. The first-order chi connectivity index (χ1) is 17.3. The summed E-state index contributed by atoms with van der Waals surface area (Å²) in [5, 5.41) is 18.8. The molecule has 36 heavy (non-hydrogen) atoms. The Hall–Kier alpha value is -3.58. The third-order valence-corrected chi connectivity index (χ3v) is 6.36. The van der Waals surface area contributed by atoms with Gasteiger partial charge in [-0.3, -0.25) is 4.79 Å². The van der Waals surface area contributed by atoms with Crippen LogP contribution >= 0.6 is 0 Å². The maximum Gasteiger partial charge on any atom is 0.304 e. The molecule has 6 nitrogen and oxygen atoms in total. The standard InChI is InChI=1S/C25H23FO5.C4H8O/c1-14-7-19(27)8-15(2)25(14)16-3-6-22(26)18(9-16)13-30-20-4-5-21-17(10-24(28)29)12-31-23(21)11-20;1-2-4-5-3-1/h3-9,11,17,27H,10,12-13H2,1-2H3,(H,28,29);1-4H2. The summed E-state index contributed by atoms with van der Waals surface area (Å²) in [6.45, 7) is 6.17. The van der Waals surface area contributed by atoms with E-state index in [9.17, 15) is 14.3 Å². The van der Waals surface area contributed by atoms with Gasteiger partial charge < -0.3 is 24.4 Å². The fraction of sp³-hybridized carbons (Fsp3) is 0.345. The van der Waals surface area contributed by atoms with E-state index in [-0.39, 0.29) is 30.5 Å². The van der Waals surface area contributed by atoms with Crippen LogP contribution in [0, 0.1) is 19.7 Å². The van der Waals surface area contributed by atoms with Gasteiger partial charge in [-0.1, -0.05) is 12.1 Å². The van der Waals surface area contributed by atoms with Crippen LogP contribution in [-0.4, -0.2) is 36.0 Å². The Labute approximate surface area is 210 Å². The molecule has 0 saturated carbocycles. The zero-order valence-electron chi connectivity index (χ0n) is 20.6. The fourth-order valence-corrected chi connectivity index (χ4v) is 4.63. The van der Waals surface area contributed by atoms with Crippen LogP contribution in [0.25, 0.3) is 11.1 Å². The van der Waals surface area contributed by atoms with Crippen molar-refractivity contribution in [3.05, 3.63) is 76.6 Å². The topological polar surface area (TPSA) is 85.2 Å². The molecule has 3 aromatic rings. The van der Waals surface area contributed by atoms with Gasteiger partial charge in [0.2, 0.25) is 0 Å². The van der Waals surface area contributed by atoms with Gasteiger partial charge in [0.15, 0.2) is 0 Å². The van der Waals surface area contributed by atoms with Crippen molar-refractivity contribution in [2.24, 2.45) is 0 Å². The smallest absolute Gasteiger partial charge is 0.304 e. The Morgan fingerprint density at radius 2 is 1.78 bits per heavy atom. The fourth-order valence-electron chi connectivity index (χ4n) is 4.63. The molecule has 2 aliphatic rings. The summed E-state index contributed by atoms with van der Waals surface area (Å²) in [5.74, 6) is -0.0702. The molecule has 0 bridgehead atoms. The first kappa shape index (κ1) is 25.5. The average molecular weight is 495 g/mol. The normalized spacial score (nSPS) is 16.0. The van der Waals surface area contributed by atoms with Crippen molar-refractivity contribution in [3.63, 3.8) is 0 Å². The number of phenolic OH excluding ortho intramolecular Hbond substituents is 1. The molecule has 0 spiro atoms. The SMILES string of the molecule is C1CCOC1.Cc1cc(O)cc(C)c1-c1ccc(F)c(COc2ccc3c(c2)OCC3CC(=O)O)c1. The second kappa shape index (κ2) is 11.4. The van der Waals surface area contributed by atoms with Crippen LogP contribution in [-0.2, 0) is 16.1 Å². The third-order valence-electron chi connectivity index (χ3n) is 6.36. The zero-order valence-corrected chi connectivity index (χ0v) is 20.6. The molecule has 190 valence electrons. The van der Waals surface area contributed by atoms with Gasteiger partial charge in [0.1, 0.15) is 29.7 Å². The molecule has 0 aliphatic carbocycles. The number of rotatable bonds is 6. The average Bonchev–Trinajstić information content (AvgIpc) is 3.52. The number of fused-ring (bicyclic) bond motifs is 1. The number of hydrogen-bond acceptors (Lipinski definition) is 5. The molecule has 7 heteroatoms. The van der Waals surface area contributed by atoms with E-state index in [4.69, 9.17) is 19.3 Å². The zero-order chi connectivity index (χ0) is 25.7. The molecule has 1 unspecified atom stereocenters. The minimum Gasteiger partial charge on any atom is -0.508 e. The lowest BCUT2D eigenvalue weighted by atomic mass is 9.94. The summed E-state index contributed by atoms with van der Waals surface area (Å²) in [6.07, 6.45) is 2.57. The molecule has 5 rings (SSSR count). The van der Waals surface area contributed by atoms with Crippen LogP contribution in [0.3, 0.4) is 0 Å². The number of carboxylic acid groups (broad SMARTS) is 1. The highest BCUT2D eigenvalue weighted by molar-refractivity contribution is 5.72. The molecular weight excluding hydrogens is 463 g/mol. The lowest BCUT2D eigenvalue weighted by Gasteiger charge is -2.14. The molecular formula is C29H31FO6. The van der Waals surface area contributed by atoms with Crippen molar-refractivity contribution in [2.45, 2.75) is 45.6 Å². The minimum atomic E-state index is -0.865. The van der Waals surface area contributed by atoms with Gasteiger partial charge >= 0.3 is 5.97 Å². The Balaban J connectivity index is 0.000000543. The van der Waals surface area contributed by atoms with E-state index in [0.29, 0.717) is 23.7 Å². The van der Waals surface area contributed by atoms with E-state index in [2.05, 4.69) is 0 Å². The van der Waals surface area contributed by atoms with Crippen LogP contribution in [0.1, 0.15) is 47.4 Å². The van der Waals surface area contributed by atoms with Crippen LogP contribution in [0.4, 0.5) is 4.39 Å². The summed E-state index contributed by atoms with van der Waals surface area (Å²) in [6, 6.07) is 13.5. The Bertz CT molecular complexity index is 1200. The van der Waals surface area contributed by atoms with Gasteiger partial charge in [-0.25, -0.2) is 4.39 Å². The number of ether oxygens (including phenoxy) is 3. The Kier molecular flexibility index (Phi) is 8.10. The number of halogens is 1. The summed E-state index contributed by atoms with van der Waals surface area (Å²) in [7, 11) is 0. The first-order valence-corrected chi connectivity index (χ1v) is 12.1. The monoisotopic (exact) mass is 494 g/mol. The lowest BCUT2D eigenvalue weighted by Crippen LogP contribution is -2.07. The van der Waals surface area contributed by atoms with E-state index >= 15 is 0 Å². The summed E-state index contributed by atoms with van der Waals surface area (Å²) in [4.78, 5) is 11.0.